The number of phenolic OH excluding ortho intramolecular Hbond substituents is 1. The predicted molar refractivity (Wildman–Crippen MR) is 99.9 cm³/mol. The molecular weight excluding hydrogens is 314 g/mol. The standard InChI is InChI=1S/C21H21NO3/c1-14(2)25-13-15-7-9-16(10-8-15)21(24)22-19-11-12-20(23)18-6-4-3-5-17(18)19/h3-12,14,23H,13H2,1-2H3,(H,22,24). The van der Waals surface area contributed by atoms with E-state index in [4.69, 9.17) is 4.74 Å². The molecule has 0 atom stereocenters. The van der Waals surface area contributed by atoms with E-state index in [0.29, 0.717) is 23.2 Å². The van der Waals surface area contributed by atoms with Gasteiger partial charge in [-0.15, -0.1) is 0 Å². The average Bonchev–Trinajstić information content (AvgIpc) is 2.63. The lowest BCUT2D eigenvalue weighted by Gasteiger charge is -2.11. The minimum absolute atomic E-state index is 0.172. The second-order valence-electron chi connectivity index (χ2n) is 6.19. The molecule has 0 unspecified atom stereocenters. The third-order valence-electron chi connectivity index (χ3n) is 3.95. The molecule has 0 aliphatic heterocycles. The highest BCUT2D eigenvalue weighted by molar-refractivity contribution is 6.10. The van der Waals surface area contributed by atoms with Gasteiger partial charge >= 0.3 is 0 Å². The summed E-state index contributed by atoms with van der Waals surface area (Å²) >= 11 is 0. The maximum atomic E-state index is 12.5. The summed E-state index contributed by atoms with van der Waals surface area (Å²) in [4.78, 5) is 12.5. The molecule has 128 valence electrons. The van der Waals surface area contributed by atoms with Gasteiger partial charge in [-0.1, -0.05) is 36.4 Å². The molecule has 0 saturated heterocycles. The van der Waals surface area contributed by atoms with Crippen LogP contribution in [0.5, 0.6) is 5.75 Å². The lowest BCUT2D eigenvalue weighted by molar-refractivity contribution is 0.0657. The highest BCUT2D eigenvalue weighted by Gasteiger charge is 2.10. The number of nitrogens with one attached hydrogen (secondary N) is 1. The molecule has 4 heteroatoms. The van der Waals surface area contributed by atoms with Gasteiger partial charge in [0.2, 0.25) is 0 Å². The molecule has 0 aromatic heterocycles. The smallest absolute Gasteiger partial charge is 0.255 e. The van der Waals surface area contributed by atoms with Crippen molar-refractivity contribution in [2.45, 2.75) is 26.6 Å². The first-order chi connectivity index (χ1) is 12.0. The van der Waals surface area contributed by atoms with Crippen LogP contribution in [0, 0.1) is 0 Å². The largest absolute Gasteiger partial charge is 0.507 e. The molecule has 3 aromatic carbocycles. The summed E-state index contributed by atoms with van der Waals surface area (Å²) in [6.45, 7) is 4.51. The molecule has 2 N–H and O–H groups in total. The Morgan fingerprint density at radius 2 is 1.68 bits per heavy atom. The van der Waals surface area contributed by atoms with Gasteiger partial charge in [-0.05, 0) is 43.7 Å². The lowest BCUT2D eigenvalue weighted by atomic mass is 10.1. The van der Waals surface area contributed by atoms with E-state index in [0.717, 1.165) is 10.9 Å². The van der Waals surface area contributed by atoms with Crippen LogP contribution in [0.15, 0.2) is 60.7 Å². The Bertz CT molecular complexity index is 885. The molecule has 3 rings (SSSR count). The minimum atomic E-state index is -0.188. The maximum absolute atomic E-state index is 12.5. The van der Waals surface area contributed by atoms with Gasteiger partial charge in [0.25, 0.3) is 5.91 Å². The first-order valence-electron chi connectivity index (χ1n) is 8.27. The fraction of sp³-hybridized carbons (Fsp3) is 0.190. The van der Waals surface area contributed by atoms with Crippen molar-refractivity contribution in [1.29, 1.82) is 0 Å². The highest BCUT2D eigenvalue weighted by atomic mass is 16.5. The molecule has 4 nitrogen and oxygen atoms in total. The van der Waals surface area contributed by atoms with Crippen molar-refractivity contribution >= 4 is 22.4 Å². The summed E-state index contributed by atoms with van der Waals surface area (Å²) in [7, 11) is 0. The fourth-order valence-electron chi connectivity index (χ4n) is 2.60. The number of aromatic hydroxyl groups is 1. The highest BCUT2D eigenvalue weighted by Crippen LogP contribution is 2.30. The van der Waals surface area contributed by atoms with E-state index in [1.807, 2.05) is 50.2 Å². The van der Waals surface area contributed by atoms with E-state index in [1.165, 1.54) is 0 Å². The van der Waals surface area contributed by atoms with Gasteiger partial charge in [-0.2, -0.15) is 0 Å². The minimum Gasteiger partial charge on any atom is -0.507 e. The van der Waals surface area contributed by atoms with E-state index in [9.17, 15) is 9.90 Å². The zero-order valence-corrected chi connectivity index (χ0v) is 14.3. The Morgan fingerprint density at radius 1 is 1.00 bits per heavy atom. The number of rotatable bonds is 5. The number of hydrogen-bond acceptors (Lipinski definition) is 3. The zero-order valence-electron chi connectivity index (χ0n) is 14.3. The van der Waals surface area contributed by atoms with E-state index in [1.54, 1.807) is 24.3 Å². The average molecular weight is 335 g/mol. The maximum Gasteiger partial charge on any atom is 0.255 e. The van der Waals surface area contributed by atoms with Crippen molar-refractivity contribution in [3.05, 3.63) is 71.8 Å². The number of hydrogen-bond donors (Lipinski definition) is 2. The van der Waals surface area contributed by atoms with Crippen LogP contribution in [0.4, 0.5) is 5.69 Å². The van der Waals surface area contributed by atoms with Gasteiger partial charge in [0.05, 0.1) is 12.7 Å². The van der Waals surface area contributed by atoms with Gasteiger partial charge < -0.3 is 15.2 Å². The molecular formula is C21H21NO3. The summed E-state index contributed by atoms with van der Waals surface area (Å²) in [6, 6.07) is 18.1. The number of phenols is 1. The Hall–Kier alpha value is -2.85. The molecule has 25 heavy (non-hydrogen) atoms. The van der Waals surface area contributed by atoms with Crippen molar-refractivity contribution in [2.24, 2.45) is 0 Å². The third kappa shape index (κ3) is 3.98. The van der Waals surface area contributed by atoms with Crippen molar-refractivity contribution < 1.29 is 14.6 Å². The van der Waals surface area contributed by atoms with Crippen molar-refractivity contribution in [2.75, 3.05) is 5.32 Å². The normalized spacial score (nSPS) is 11.0. The molecule has 0 saturated carbocycles. The van der Waals surface area contributed by atoms with Gasteiger partial charge in [0, 0.05) is 22.0 Å². The van der Waals surface area contributed by atoms with Gasteiger partial charge in [-0.3, -0.25) is 4.79 Å². The van der Waals surface area contributed by atoms with Crippen molar-refractivity contribution in [3.63, 3.8) is 0 Å². The molecule has 0 bridgehead atoms. The van der Waals surface area contributed by atoms with Crippen LogP contribution in [0.25, 0.3) is 10.8 Å². The number of benzene rings is 3. The Balaban J connectivity index is 1.78. The van der Waals surface area contributed by atoms with Crippen LogP contribution in [0.1, 0.15) is 29.8 Å². The molecule has 0 aliphatic rings. The topological polar surface area (TPSA) is 58.6 Å². The summed E-state index contributed by atoms with van der Waals surface area (Å²) < 4.78 is 5.56. The Labute approximate surface area is 147 Å². The van der Waals surface area contributed by atoms with Crippen LogP contribution >= 0.6 is 0 Å². The Kier molecular flexibility index (Phi) is 5.00. The number of carbonyl (C=O) groups excluding carboxylic acids is 1. The Morgan fingerprint density at radius 3 is 2.36 bits per heavy atom. The molecule has 0 fully saturated rings. The molecule has 1 amide bonds. The van der Waals surface area contributed by atoms with Crippen LogP contribution in [-0.2, 0) is 11.3 Å². The predicted octanol–water partition coefficient (Wildman–Crippen LogP) is 4.72. The third-order valence-corrected chi connectivity index (χ3v) is 3.95. The molecule has 0 aliphatic carbocycles. The summed E-state index contributed by atoms with van der Waals surface area (Å²) in [6.07, 6.45) is 0.172. The second kappa shape index (κ2) is 7.36. The second-order valence-corrected chi connectivity index (χ2v) is 6.19. The summed E-state index contributed by atoms with van der Waals surface area (Å²) in [5, 5.41) is 14.4. The fourth-order valence-corrected chi connectivity index (χ4v) is 2.60. The number of carbonyl (C=O) groups is 1. The summed E-state index contributed by atoms with van der Waals surface area (Å²) in [5.41, 5.74) is 2.27. The van der Waals surface area contributed by atoms with Crippen molar-refractivity contribution in [1.82, 2.24) is 0 Å². The van der Waals surface area contributed by atoms with Crippen LogP contribution in [-0.4, -0.2) is 17.1 Å². The molecule has 0 spiro atoms. The number of amides is 1. The molecule has 0 heterocycles. The van der Waals surface area contributed by atoms with Gasteiger partial charge in [0.1, 0.15) is 5.75 Å². The lowest BCUT2D eigenvalue weighted by Crippen LogP contribution is -2.12. The van der Waals surface area contributed by atoms with E-state index in [-0.39, 0.29) is 17.8 Å². The van der Waals surface area contributed by atoms with Crippen LogP contribution in [0.3, 0.4) is 0 Å². The van der Waals surface area contributed by atoms with E-state index in [2.05, 4.69) is 5.32 Å². The molecule has 3 aromatic rings. The first-order valence-corrected chi connectivity index (χ1v) is 8.27. The van der Waals surface area contributed by atoms with E-state index < -0.39 is 0 Å². The van der Waals surface area contributed by atoms with E-state index >= 15 is 0 Å². The summed E-state index contributed by atoms with van der Waals surface area (Å²) in [5.74, 6) is 0.00951. The van der Waals surface area contributed by atoms with Crippen molar-refractivity contribution in [3.8, 4) is 5.75 Å². The van der Waals surface area contributed by atoms with Gasteiger partial charge in [-0.25, -0.2) is 0 Å². The SMILES string of the molecule is CC(C)OCc1ccc(C(=O)Nc2ccc(O)c3ccccc23)cc1. The molecule has 0 radical (unpaired) electrons. The van der Waals surface area contributed by atoms with Gasteiger partial charge in [0.15, 0.2) is 0 Å². The monoisotopic (exact) mass is 335 g/mol. The first kappa shape index (κ1) is 17.0. The number of anilines is 1. The van der Waals surface area contributed by atoms with Crippen LogP contribution in [0.2, 0.25) is 0 Å². The number of fused-ring (bicyclic) bond motifs is 1. The quantitative estimate of drug-likeness (QED) is 0.663. The zero-order chi connectivity index (χ0) is 17.8. The number of ether oxygens (including phenoxy) is 1. The van der Waals surface area contributed by atoms with Crippen LogP contribution < -0.4 is 5.32 Å².